The molecule has 0 aromatic carbocycles. The minimum absolute atomic E-state index is 0.235. The van der Waals surface area contributed by atoms with E-state index in [1.165, 1.54) is 0 Å². The van der Waals surface area contributed by atoms with Crippen LogP contribution < -0.4 is 11.1 Å². The van der Waals surface area contributed by atoms with Gasteiger partial charge in [0, 0.05) is 0 Å². The molecular weight excluding hydrogens is 176 g/mol. The Labute approximate surface area is 85.7 Å². The second-order valence-corrected chi connectivity index (χ2v) is 3.62. The third kappa shape index (κ3) is 2.36. The van der Waals surface area contributed by atoms with Crippen LogP contribution in [-0.4, -0.2) is 13.6 Å². The highest BCUT2D eigenvalue weighted by Crippen LogP contribution is 2.25. The van der Waals surface area contributed by atoms with Gasteiger partial charge in [0.05, 0.1) is 6.04 Å². The minimum atomic E-state index is 0.235. The lowest BCUT2D eigenvalue weighted by atomic mass is 9.95. The second-order valence-electron chi connectivity index (χ2n) is 3.62. The van der Waals surface area contributed by atoms with Crippen molar-refractivity contribution in [3.8, 4) is 0 Å². The third-order valence-corrected chi connectivity index (χ3v) is 2.68. The highest BCUT2D eigenvalue weighted by molar-refractivity contribution is 5.10. The average Bonchev–Trinajstić information content (AvgIpc) is 2.60. The predicted molar refractivity (Wildman–Crippen MR) is 58.1 cm³/mol. The predicted octanol–water partition coefficient (Wildman–Crippen LogP) is 1.83. The fraction of sp³-hybridized carbons (Fsp3) is 0.636. The lowest BCUT2D eigenvalue weighted by Gasteiger charge is -2.22. The van der Waals surface area contributed by atoms with Crippen molar-refractivity contribution in [2.45, 2.75) is 26.3 Å². The first-order valence-corrected chi connectivity index (χ1v) is 5.16. The molecule has 1 aromatic rings. The number of rotatable bonds is 5. The fourth-order valence-electron chi connectivity index (χ4n) is 1.77. The van der Waals surface area contributed by atoms with Gasteiger partial charge >= 0.3 is 0 Å². The van der Waals surface area contributed by atoms with Crippen molar-refractivity contribution < 1.29 is 4.42 Å². The molecule has 0 aliphatic heterocycles. The topological polar surface area (TPSA) is 51.2 Å². The molecule has 2 unspecified atom stereocenters. The zero-order chi connectivity index (χ0) is 10.6. The van der Waals surface area contributed by atoms with Gasteiger partial charge in [0.1, 0.15) is 11.5 Å². The largest absolute Gasteiger partial charge is 0.465 e. The van der Waals surface area contributed by atoms with Crippen molar-refractivity contribution in [2.24, 2.45) is 11.7 Å². The highest BCUT2D eigenvalue weighted by Gasteiger charge is 2.21. The zero-order valence-electron chi connectivity index (χ0n) is 9.21. The van der Waals surface area contributed by atoms with E-state index >= 15 is 0 Å². The summed E-state index contributed by atoms with van der Waals surface area (Å²) in [6.07, 6.45) is 1.06. The van der Waals surface area contributed by atoms with Gasteiger partial charge in [-0.2, -0.15) is 0 Å². The molecule has 0 aliphatic carbocycles. The van der Waals surface area contributed by atoms with Crippen molar-refractivity contribution >= 4 is 0 Å². The summed E-state index contributed by atoms with van der Waals surface area (Å²) in [4.78, 5) is 0. The first-order chi connectivity index (χ1) is 6.72. The number of hydrogen-bond acceptors (Lipinski definition) is 3. The molecule has 0 spiro atoms. The lowest BCUT2D eigenvalue weighted by Crippen LogP contribution is -2.29. The normalized spacial score (nSPS) is 15.4. The molecule has 0 fully saturated rings. The summed E-state index contributed by atoms with van der Waals surface area (Å²) in [5.74, 6) is 2.37. The van der Waals surface area contributed by atoms with E-state index in [0.717, 1.165) is 17.9 Å². The van der Waals surface area contributed by atoms with Crippen LogP contribution in [0.4, 0.5) is 0 Å². The molecule has 0 saturated carbocycles. The Morgan fingerprint density at radius 3 is 2.57 bits per heavy atom. The van der Waals surface area contributed by atoms with E-state index in [0.29, 0.717) is 12.5 Å². The number of nitrogens with one attached hydrogen (secondary N) is 1. The van der Waals surface area contributed by atoms with Crippen LogP contribution in [0.3, 0.4) is 0 Å². The van der Waals surface area contributed by atoms with Crippen LogP contribution in [0.5, 0.6) is 0 Å². The summed E-state index contributed by atoms with van der Waals surface area (Å²) < 4.78 is 5.60. The molecule has 0 radical (unpaired) electrons. The van der Waals surface area contributed by atoms with Gasteiger partial charge < -0.3 is 15.5 Å². The van der Waals surface area contributed by atoms with E-state index in [1.54, 1.807) is 0 Å². The van der Waals surface area contributed by atoms with Crippen molar-refractivity contribution in [1.29, 1.82) is 0 Å². The van der Waals surface area contributed by atoms with E-state index in [9.17, 15) is 0 Å². The molecule has 0 saturated heterocycles. The van der Waals surface area contributed by atoms with Crippen LogP contribution in [0.15, 0.2) is 16.5 Å². The van der Waals surface area contributed by atoms with Gasteiger partial charge in [-0.25, -0.2) is 0 Å². The summed E-state index contributed by atoms with van der Waals surface area (Å²) in [7, 11) is 1.95. The first kappa shape index (κ1) is 11.3. The Balaban J connectivity index is 2.80. The average molecular weight is 196 g/mol. The molecule has 3 nitrogen and oxygen atoms in total. The van der Waals surface area contributed by atoms with Crippen LogP contribution >= 0.6 is 0 Å². The molecule has 3 N–H and O–H groups in total. The molecular formula is C11H20N2O. The SMILES string of the molecule is CCC(CN)C(NC)c1ccc(C)o1. The van der Waals surface area contributed by atoms with E-state index in [-0.39, 0.29) is 6.04 Å². The number of hydrogen-bond donors (Lipinski definition) is 2. The molecule has 3 heteroatoms. The van der Waals surface area contributed by atoms with E-state index < -0.39 is 0 Å². The Kier molecular flexibility index (Phi) is 4.17. The smallest absolute Gasteiger partial charge is 0.121 e. The Morgan fingerprint density at radius 2 is 2.21 bits per heavy atom. The zero-order valence-corrected chi connectivity index (χ0v) is 9.21. The number of nitrogens with two attached hydrogens (primary N) is 1. The van der Waals surface area contributed by atoms with E-state index in [1.807, 2.05) is 26.1 Å². The Bertz CT molecular complexity index is 266. The lowest BCUT2D eigenvalue weighted by molar-refractivity contribution is 0.317. The standard InChI is InChI=1S/C11H20N2O/c1-4-9(7-12)11(13-3)10-6-5-8(2)14-10/h5-6,9,11,13H,4,7,12H2,1-3H3. The van der Waals surface area contributed by atoms with Gasteiger partial charge in [0.15, 0.2) is 0 Å². The molecule has 80 valence electrons. The molecule has 0 amide bonds. The van der Waals surface area contributed by atoms with Crippen molar-refractivity contribution in [2.75, 3.05) is 13.6 Å². The molecule has 14 heavy (non-hydrogen) atoms. The van der Waals surface area contributed by atoms with E-state index in [2.05, 4.69) is 12.2 Å². The molecule has 0 bridgehead atoms. The molecule has 1 heterocycles. The second kappa shape index (κ2) is 5.17. The maximum atomic E-state index is 5.72. The van der Waals surface area contributed by atoms with Crippen molar-refractivity contribution in [1.82, 2.24) is 5.32 Å². The van der Waals surface area contributed by atoms with Crippen molar-refractivity contribution in [3.05, 3.63) is 23.7 Å². The van der Waals surface area contributed by atoms with Gasteiger partial charge in [-0.15, -0.1) is 0 Å². The number of aryl methyl sites for hydroxylation is 1. The van der Waals surface area contributed by atoms with E-state index in [4.69, 9.17) is 10.2 Å². The van der Waals surface area contributed by atoms with Gasteiger partial charge in [0.25, 0.3) is 0 Å². The van der Waals surface area contributed by atoms with Crippen LogP contribution in [-0.2, 0) is 0 Å². The first-order valence-electron chi connectivity index (χ1n) is 5.16. The highest BCUT2D eigenvalue weighted by atomic mass is 16.3. The van der Waals surface area contributed by atoms with Crippen LogP contribution in [0.1, 0.15) is 30.9 Å². The minimum Gasteiger partial charge on any atom is -0.465 e. The maximum absolute atomic E-state index is 5.72. The fourth-order valence-corrected chi connectivity index (χ4v) is 1.77. The summed E-state index contributed by atoms with van der Waals surface area (Å²) in [5.41, 5.74) is 5.72. The molecule has 1 rings (SSSR count). The summed E-state index contributed by atoms with van der Waals surface area (Å²) in [6.45, 7) is 4.79. The molecule has 0 aliphatic rings. The molecule has 2 atom stereocenters. The van der Waals surface area contributed by atoms with Crippen LogP contribution in [0.25, 0.3) is 0 Å². The van der Waals surface area contributed by atoms with Gasteiger partial charge in [-0.3, -0.25) is 0 Å². The van der Waals surface area contributed by atoms with Gasteiger partial charge in [-0.05, 0) is 38.6 Å². The summed E-state index contributed by atoms with van der Waals surface area (Å²) >= 11 is 0. The maximum Gasteiger partial charge on any atom is 0.121 e. The Hall–Kier alpha value is -0.800. The third-order valence-electron chi connectivity index (χ3n) is 2.68. The number of furan rings is 1. The van der Waals surface area contributed by atoms with Crippen LogP contribution in [0.2, 0.25) is 0 Å². The van der Waals surface area contributed by atoms with Gasteiger partial charge in [-0.1, -0.05) is 13.3 Å². The molecule has 1 aromatic heterocycles. The summed E-state index contributed by atoms with van der Waals surface area (Å²) in [6, 6.07) is 4.25. The van der Waals surface area contributed by atoms with Crippen molar-refractivity contribution in [3.63, 3.8) is 0 Å². The monoisotopic (exact) mass is 196 g/mol. The quantitative estimate of drug-likeness (QED) is 0.755. The summed E-state index contributed by atoms with van der Waals surface area (Å²) in [5, 5.41) is 3.26. The van der Waals surface area contributed by atoms with Gasteiger partial charge in [0.2, 0.25) is 0 Å². The van der Waals surface area contributed by atoms with Crippen LogP contribution in [0, 0.1) is 12.8 Å². The Morgan fingerprint density at radius 1 is 1.50 bits per heavy atom.